The van der Waals surface area contributed by atoms with Crippen molar-refractivity contribution < 1.29 is 13.9 Å². The molecule has 0 aliphatic carbocycles. The Hall–Kier alpha value is -3.52. The van der Waals surface area contributed by atoms with Gasteiger partial charge < -0.3 is 19.0 Å². The number of carbonyl (C=O) groups is 1. The Kier molecular flexibility index (Phi) is 6.68. The SMILES string of the molecule is Cn1ccnc1SCc1ccc(C(=O)NCc2cccc(OCc3ccccn3)c2)o1. The molecule has 3 heterocycles. The number of furan rings is 1. The van der Waals surface area contributed by atoms with Gasteiger partial charge in [-0.3, -0.25) is 9.78 Å². The molecule has 1 aromatic carbocycles. The van der Waals surface area contributed by atoms with Gasteiger partial charge in [-0.1, -0.05) is 30.0 Å². The number of amides is 1. The molecule has 1 amide bonds. The number of rotatable bonds is 9. The minimum atomic E-state index is -0.256. The third-order valence-electron chi connectivity index (χ3n) is 4.47. The van der Waals surface area contributed by atoms with Crippen LogP contribution in [-0.2, 0) is 26.0 Å². The third-order valence-corrected chi connectivity index (χ3v) is 5.55. The van der Waals surface area contributed by atoms with Crippen molar-refractivity contribution in [2.75, 3.05) is 0 Å². The zero-order chi connectivity index (χ0) is 21.5. The fourth-order valence-electron chi connectivity index (χ4n) is 2.86. The van der Waals surface area contributed by atoms with E-state index >= 15 is 0 Å². The van der Waals surface area contributed by atoms with E-state index in [9.17, 15) is 4.79 Å². The van der Waals surface area contributed by atoms with Gasteiger partial charge in [0.05, 0.1) is 11.4 Å². The molecule has 0 fully saturated rings. The van der Waals surface area contributed by atoms with Crippen molar-refractivity contribution in [3.05, 3.63) is 96.0 Å². The molecule has 4 aromatic rings. The number of aromatic nitrogens is 3. The van der Waals surface area contributed by atoms with E-state index in [0.29, 0.717) is 18.9 Å². The normalized spacial score (nSPS) is 10.7. The highest BCUT2D eigenvalue weighted by molar-refractivity contribution is 7.98. The monoisotopic (exact) mass is 434 g/mol. The number of imidazole rings is 1. The second-order valence-electron chi connectivity index (χ2n) is 6.82. The lowest BCUT2D eigenvalue weighted by Crippen LogP contribution is -2.22. The molecule has 0 unspecified atom stereocenters. The molecular formula is C23H22N4O3S. The lowest BCUT2D eigenvalue weighted by atomic mass is 10.2. The number of ether oxygens (including phenoxy) is 1. The topological polar surface area (TPSA) is 82.2 Å². The van der Waals surface area contributed by atoms with E-state index < -0.39 is 0 Å². The summed E-state index contributed by atoms with van der Waals surface area (Å²) in [4.78, 5) is 21.0. The number of benzene rings is 1. The van der Waals surface area contributed by atoms with Gasteiger partial charge in [-0.05, 0) is 42.0 Å². The Labute approximate surface area is 184 Å². The van der Waals surface area contributed by atoms with Crippen LogP contribution in [0.2, 0.25) is 0 Å². The average Bonchev–Trinajstić information content (AvgIpc) is 3.44. The number of nitrogens with one attached hydrogen (secondary N) is 1. The van der Waals surface area contributed by atoms with Gasteiger partial charge in [-0.25, -0.2) is 4.98 Å². The molecule has 7 nitrogen and oxygen atoms in total. The molecule has 0 atom stereocenters. The van der Waals surface area contributed by atoms with Crippen molar-refractivity contribution in [1.29, 1.82) is 0 Å². The summed E-state index contributed by atoms with van der Waals surface area (Å²) in [6.45, 7) is 0.764. The molecule has 0 aliphatic rings. The van der Waals surface area contributed by atoms with Crippen LogP contribution in [0.5, 0.6) is 5.75 Å². The first-order chi connectivity index (χ1) is 15.2. The summed E-state index contributed by atoms with van der Waals surface area (Å²) < 4.78 is 13.4. The van der Waals surface area contributed by atoms with Crippen molar-refractivity contribution in [1.82, 2.24) is 19.9 Å². The van der Waals surface area contributed by atoms with Crippen molar-refractivity contribution in [2.24, 2.45) is 7.05 Å². The minimum Gasteiger partial charge on any atom is -0.487 e. The number of thioether (sulfide) groups is 1. The van der Waals surface area contributed by atoms with E-state index in [4.69, 9.17) is 9.15 Å². The standard InChI is InChI=1S/C23H22N4O3S/c1-27-12-11-25-23(27)31-16-20-8-9-21(30-20)22(28)26-14-17-5-4-7-19(13-17)29-15-18-6-2-3-10-24-18/h2-13H,14-16H2,1H3,(H,26,28). The van der Waals surface area contributed by atoms with Crippen LogP contribution in [0, 0.1) is 0 Å². The third kappa shape index (κ3) is 5.76. The Morgan fingerprint density at radius 2 is 2.06 bits per heavy atom. The first kappa shape index (κ1) is 20.7. The Morgan fingerprint density at radius 1 is 1.13 bits per heavy atom. The fraction of sp³-hybridized carbons (Fsp3) is 0.174. The van der Waals surface area contributed by atoms with Gasteiger partial charge in [0, 0.05) is 32.2 Å². The van der Waals surface area contributed by atoms with E-state index in [0.717, 1.165) is 27.9 Å². The van der Waals surface area contributed by atoms with Gasteiger partial charge >= 0.3 is 0 Å². The fourth-order valence-corrected chi connectivity index (χ4v) is 3.69. The lowest BCUT2D eigenvalue weighted by Gasteiger charge is -2.08. The Morgan fingerprint density at radius 3 is 2.87 bits per heavy atom. The van der Waals surface area contributed by atoms with E-state index in [1.807, 2.05) is 66.3 Å². The van der Waals surface area contributed by atoms with Gasteiger partial charge in [-0.15, -0.1) is 0 Å². The maximum Gasteiger partial charge on any atom is 0.287 e. The number of nitrogens with zero attached hydrogens (tertiary/aromatic N) is 3. The van der Waals surface area contributed by atoms with Gasteiger partial charge in [0.15, 0.2) is 10.9 Å². The molecular weight excluding hydrogens is 412 g/mol. The smallest absolute Gasteiger partial charge is 0.287 e. The molecule has 8 heteroatoms. The molecule has 0 spiro atoms. The summed E-state index contributed by atoms with van der Waals surface area (Å²) in [5, 5.41) is 3.78. The van der Waals surface area contributed by atoms with Crippen LogP contribution in [0.15, 0.2) is 82.8 Å². The number of aryl methyl sites for hydroxylation is 1. The summed E-state index contributed by atoms with van der Waals surface area (Å²) in [5.74, 6) is 2.09. The molecule has 4 rings (SSSR count). The van der Waals surface area contributed by atoms with Gasteiger partial charge in [-0.2, -0.15) is 0 Å². The molecule has 0 saturated carbocycles. The summed E-state index contributed by atoms with van der Waals surface area (Å²) in [7, 11) is 1.94. The summed E-state index contributed by atoms with van der Waals surface area (Å²) >= 11 is 1.55. The van der Waals surface area contributed by atoms with E-state index in [2.05, 4.69) is 15.3 Å². The first-order valence-corrected chi connectivity index (χ1v) is 10.7. The average molecular weight is 435 g/mol. The Balaban J connectivity index is 1.27. The van der Waals surface area contributed by atoms with Gasteiger partial charge in [0.1, 0.15) is 18.1 Å². The van der Waals surface area contributed by atoms with Crippen molar-refractivity contribution in [2.45, 2.75) is 24.1 Å². The molecule has 31 heavy (non-hydrogen) atoms. The van der Waals surface area contributed by atoms with Crippen LogP contribution in [0.4, 0.5) is 0 Å². The second kappa shape index (κ2) is 9.99. The van der Waals surface area contributed by atoms with Crippen LogP contribution >= 0.6 is 11.8 Å². The molecule has 0 bridgehead atoms. The second-order valence-corrected chi connectivity index (χ2v) is 7.76. The first-order valence-electron chi connectivity index (χ1n) is 9.76. The van der Waals surface area contributed by atoms with Crippen LogP contribution in [0.25, 0.3) is 0 Å². The van der Waals surface area contributed by atoms with Crippen molar-refractivity contribution in [3.63, 3.8) is 0 Å². The zero-order valence-electron chi connectivity index (χ0n) is 17.0. The molecule has 0 saturated heterocycles. The maximum atomic E-state index is 12.4. The maximum absolute atomic E-state index is 12.4. The number of hydrogen-bond donors (Lipinski definition) is 1. The van der Waals surface area contributed by atoms with Crippen LogP contribution in [0.1, 0.15) is 27.6 Å². The lowest BCUT2D eigenvalue weighted by molar-refractivity contribution is 0.0921. The molecule has 158 valence electrons. The van der Waals surface area contributed by atoms with Gasteiger partial charge in [0.2, 0.25) is 0 Å². The van der Waals surface area contributed by atoms with Gasteiger partial charge in [0.25, 0.3) is 5.91 Å². The summed E-state index contributed by atoms with van der Waals surface area (Å²) in [6, 6.07) is 16.8. The predicted octanol–water partition coefficient (Wildman–Crippen LogP) is 4.21. The largest absolute Gasteiger partial charge is 0.487 e. The predicted molar refractivity (Wildman–Crippen MR) is 118 cm³/mol. The van der Waals surface area contributed by atoms with Crippen LogP contribution in [0.3, 0.4) is 0 Å². The summed E-state index contributed by atoms with van der Waals surface area (Å²) in [6.07, 6.45) is 5.38. The van der Waals surface area contributed by atoms with Crippen LogP contribution in [-0.4, -0.2) is 20.4 Å². The molecule has 0 aliphatic heterocycles. The highest BCUT2D eigenvalue weighted by Gasteiger charge is 2.12. The highest BCUT2D eigenvalue weighted by atomic mass is 32.2. The Bertz CT molecular complexity index is 1140. The highest BCUT2D eigenvalue weighted by Crippen LogP contribution is 2.22. The number of pyridine rings is 1. The zero-order valence-corrected chi connectivity index (χ0v) is 17.8. The number of hydrogen-bond acceptors (Lipinski definition) is 6. The summed E-state index contributed by atoms with van der Waals surface area (Å²) in [5.41, 5.74) is 1.79. The quantitative estimate of drug-likeness (QED) is 0.398. The van der Waals surface area contributed by atoms with Crippen molar-refractivity contribution >= 4 is 17.7 Å². The van der Waals surface area contributed by atoms with E-state index in [1.165, 1.54) is 0 Å². The number of carbonyl (C=O) groups excluding carboxylic acids is 1. The minimum absolute atomic E-state index is 0.256. The van der Waals surface area contributed by atoms with E-state index in [-0.39, 0.29) is 11.7 Å². The molecule has 0 radical (unpaired) electrons. The van der Waals surface area contributed by atoms with E-state index in [1.54, 1.807) is 30.2 Å². The van der Waals surface area contributed by atoms with Crippen molar-refractivity contribution in [3.8, 4) is 5.75 Å². The molecule has 3 aromatic heterocycles. The van der Waals surface area contributed by atoms with Crippen LogP contribution < -0.4 is 10.1 Å². The molecule has 1 N–H and O–H groups in total.